The highest BCUT2D eigenvalue weighted by molar-refractivity contribution is 7.10. The van der Waals surface area contributed by atoms with Gasteiger partial charge in [-0.2, -0.15) is 0 Å². The predicted octanol–water partition coefficient (Wildman–Crippen LogP) is 2.73. The zero-order valence-corrected chi connectivity index (χ0v) is 11.8. The van der Waals surface area contributed by atoms with Crippen LogP contribution in [0.25, 0.3) is 0 Å². The maximum atomic E-state index is 11.7. The van der Waals surface area contributed by atoms with Gasteiger partial charge < -0.3 is 10.1 Å². The van der Waals surface area contributed by atoms with Crippen LogP contribution in [0.5, 0.6) is 0 Å². The zero-order valence-electron chi connectivity index (χ0n) is 10.9. The van der Waals surface area contributed by atoms with E-state index in [0.717, 1.165) is 0 Å². The minimum absolute atomic E-state index is 0.0431. The minimum Gasteiger partial charge on any atom is -0.368 e. The molecule has 3 nitrogen and oxygen atoms in total. The summed E-state index contributed by atoms with van der Waals surface area (Å²) in [5.74, 6) is 0.406. The van der Waals surface area contributed by atoms with E-state index in [1.165, 1.54) is 10.4 Å². The van der Waals surface area contributed by atoms with Crippen molar-refractivity contribution < 1.29 is 9.53 Å². The first-order valence-corrected chi connectivity index (χ1v) is 6.81. The molecule has 0 aliphatic heterocycles. The van der Waals surface area contributed by atoms with Gasteiger partial charge in [0.2, 0.25) is 5.91 Å². The number of hydrogen-bond donors (Lipinski definition) is 1. The molecular formula is C13H21NO2S. The summed E-state index contributed by atoms with van der Waals surface area (Å²) >= 11 is 1.67. The second-order valence-electron chi connectivity index (χ2n) is 4.61. The van der Waals surface area contributed by atoms with Crippen LogP contribution in [-0.4, -0.2) is 18.6 Å². The van der Waals surface area contributed by atoms with E-state index >= 15 is 0 Å². The van der Waals surface area contributed by atoms with Crippen molar-refractivity contribution in [2.45, 2.75) is 40.3 Å². The molecule has 1 rings (SSSR count). The first-order chi connectivity index (χ1) is 8.00. The molecule has 1 aromatic heterocycles. The Hall–Kier alpha value is -0.870. The van der Waals surface area contributed by atoms with Crippen LogP contribution in [0.3, 0.4) is 0 Å². The maximum Gasteiger partial charge on any atom is 0.249 e. The van der Waals surface area contributed by atoms with Gasteiger partial charge >= 0.3 is 0 Å². The second kappa shape index (κ2) is 6.77. The largest absolute Gasteiger partial charge is 0.368 e. The molecule has 0 saturated carbocycles. The quantitative estimate of drug-likeness (QED) is 0.849. The van der Waals surface area contributed by atoms with Crippen molar-refractivity contribution in [1.29, 1.82) is 0 Å². The standard InChI is InChI=1S/C13H21NO2S/c1-9(2)8-16-11(4)13(15)14-7-12-10(3)5-6-17-12/h5-6,9,11H,7-8H2,1-4H3,(H,14,15)/t11-/m1/s1. The van der Waals surface area contributed by atoms with Gasteiger partial charge in [-0.1, -0.05) is 13.8 Å². The van der Waals surface area contributed by atoms with Gasteiger partial charge in [-0.3, -0.25) is 4.79 Å². The third-order valence-electron chi connectivity index (χ3n) is 2.44. The summed E-state index contributed by atoms with van der Waals surface area (Å²) in [4.78, 5) is 12.9. The highest BCUT2D eigenvalue weighted by Gasteiger charge is 2.13. The first-order valence-electron chi connectivity index (χ1n) is 5.93. The topological polar surface area (TPSA) is 38.3 Å². The molecule has 0 aromatic carbocycles. The molecule has 1 atom stereocenters. The maximum absolute atomic E-state index is 11.7. The molecule has 0 spiro atoms. The second-order valence-corrected chi connectivity index (χ2v) is 5.61. The lowest BCUT2D eigenvalue weighted by molar-refractivity contribution is -0.132. The van der Waals surface area contributed by atoms with Gasteiger partial charge in [0.1, 0.15) is 6.10 Å². The Balaban J connectivity index is 2.32. The van der Waals surface area contributed by atoms with Crippen molar-refractivity contribution in [1.82, 2.24) is 5.32 Å². The number of carbonyl (C=O) groups excluding carboxylic acids is 1. The van der Waals surface area contributed by atoms with Gasteiger partial charge in [-0.15, -0.1) is 11.3 Å². The van der Waals surface area contributed by atoms with Crippen LogP contribution in [0.2, 0.25) is 0 Å². The van der Waals surface area contributed by atoms with Crippen LogP contribution in [0.1, 0.15) is 31.2 Å². The molecule has 0 aliphatic carbocycles. The average molecular weight is 255 g/mol. The molecule has 17 heavy (non-hydrogen) atoms. The molecule has 1 N–H and O–H groups in total. The van der Waals surface area contributed by atoms with Crippen LogP contribution >= 0.6 is 11.3 Å². The number of rotatable bonds is 6. The Labute approximate surface area is 107 Å². The smallest absolute Gasteiger partial charge is 0.249 e. The highest BCUT2D eigenvalue weighted by atomic mass is 32.1. The molecule has 1 heterocycles. The summed E-state index contributed by atoms with van der Waals surface area (Å²) in [5, 5.41) is 4.93. The fourth-order valence-corrected chi connectivity index (χ4v) is 2.15. The van der Waals surface area contributed by atoms with E-state index < -0.39 is 0 Å². The molecule has 0 radical (unpaired) electrons. The third kappa shape index (κ3) is 4.88. The highest BCUT2D eigenvalue weighted by Crippen LogP contribution is 2.14. The van der Waals surface area contributed by atoms with E-state index in [0.29, 0.717) is 19.1 Å². The van der Waals surface area contributed by atoms with Gasteiger partial charge in [0.05, 0.1) is 6.54 Å². The Morgan fingerprint density at radius 2 is 2.18 bits per heavy atom. The van der Waals surface area contributed by atoms with E-state index in [2.05, 4.69) is 32.2 Å². The van der Waals surface area contributed by atoms with Gasteiger partial charge in [-0.25, -0.2) is 0 Å². The normalized spacial score (nSPS) is 12.8. The summed E-state index contributed by atoms with van der Waals surface area (Å²) in [6.07, 6.45) is -0.377. The van der Waals surface area contributed by atoms with E-state index in [4.69, 9.17) is 4.74 Å². The molecule has 0 unspecified atom stereocenters. The van der Waals surface area contributed by atoms with Crippen molar-refractivity contribution >= 4 is 17.2 Å². The molecular weight excluding hydrogens is 234 g/mol. The number of thiophene rings is 1. The Kier molecular flexibility index (Phi) is 5.65. The molecule has 4 heteroatoms. The lowest BCUT2D eigenvalue weighted by atomic mass is 10.2. The molecule has 0 fully saturated rings. The van der Waals surface area contributed by atoms with Gasteiger partial charge in [-0.05, 0) is 36.8 Å². The molecule has 1 amide bonds. The van der Waals surface area contributed by atoms with E-state index in [1.54, 1.807) is 18.3 Å². The number of carbonyl (C=O) groups is 1. The van der Waals surface area contributed by atoms with E-state index in [1.807, 2.05) is 5.38 Å². The van der Waals surface area contributed by atoms with Crippen LogP contribution in [0.4, 0.5) is 0 Å². The molecule has 0 saturated heterocycles. The van der Waals surface area contributed by atoms with Crippen LogP contribution in [0, 0.1) is 12.8 Å². The van der Waals surface area contributed by atoms with Crippen LogP contribution in [-0.2, 0) is 16.1 Å². The lowest BCUT2D eigenvalue weighted by Gasteiger charge is -2.14. The average Bonchev–Trinajstić information content (AvgIpc) is 2.68. The van der Waals surface area contributed by atoms with Crippen molar-refractivity contribution in [2.75, 3.05) is 6.61 Å². The molecule has 0 bridgehead atoms. The summed E-state index contributed by atoms with van der Waals surface area (Å²) in [7, 11) is 0. The Morgan fingerprint density at radius 1 is 1.47 bits per heavy atom. The monoisotopic (exact) mass is 255 g/mol. The lowest BCUT2D eigenvalue weighted by Crippen LogP contribution is -2.34. The third-order valence-corrected chi connectivity index (χ3v) is 3.46. The first kappa shape index (κ1) is 14.2. The van der Waals surface area contributed by atoms with Crippen LogP contribution in [0.15, 0.2) is 11.4 Å². The molecule has 1 aromatic rings. The summed E-state index contributed by atoms with van der Waals surface area (Å²) < 4.78 is 5.46. The number of nitrogens with one attached hydrogen (secondary N) is 1. The number of ether oxygens (including phenoxy) is 1. The zero-order chi connectivity index (χ0) is 12.8. The van der Waals surface area contributed by atoms with Crippen molar-refractivity contribution in [3.8, 4) is 0 Å². The number of aryl methyl sites for hydroxylation is 1. The molecule has 0 aliphatic rings. The van der Waals surface area contributed by atoms with Crippen molar-refractivity contribution in [2.24, 2.45) is 5.92 Å². The summed E-state index contributed by atoms with van der Waals surface area (Å²) in [5.41, 5.74) is 1.23. The fraction of sp³-hybridized carbons (Fsp3) is 0.615. The van der Waals surface area contributed by atoms with Gasteiger partial charge in [0.25, 0.3) is 0 Å². The van der Waals surface area contributed by atoms with Crippen molar-refractivity contribution in [3.63, 3.8) is 0 Å². The van der Waals surface area contributed by atoms with Gasteiger partial charge in [0, 0.05) is 11.5 Å². The van der Waals surface area contributed by atoms with E-state index in [9.17, 15) is 4.79 Å². The summed E-state index contributed by atoms with van der Waals surface area (Å²) in [6.45, 7) is 9.19. The SMILES string of the molecule is Cc1ccsc1CNC(=O)[C@@H](C)OCC(C)C. The van der Waals surface area contributed by atoms with Crippen molar-refractivity contribution in [3.05, 3.63) is 21.9 Å². The Morgan fingerprint density at radius 3 is 2.71 bits per heavy atom. The van der Waals surface area contributed by atoms with Gasteiger partial charge in [0.15, 0.2) is 0 Å². The number of hydrogen-bond acceptors (Lipinski definition) is 3. The van der Waals surface area contributed by atoms with E-state index in [-0.39, 0.29) is 12.0 Å². The summed E-state index contributed by atoms with van der Waals surface area (Å²) in [6, 6.07) is 2.06. The fourth-order valence-electron chi connectivity index (χ4n) is 1.31. The number of amides is 1. The predicted molar refractivity (Wildman–Crippen MR) is 71.2 cm³/mol. The Bertz CT molecular complexity index is 360. The van der Waals surface area contributed by atoms with Crippen LogP contribution < -0.4 is 5.32 Å². The molecule has 96 valence electrons. The minimum atomic E-state index is -0.377.